The van der Waals surface area contributed by atoms with E-state index in [4.69, 9.17) is 34.2 Å². The Labute approximate surface area is 177 Å². The zero-order valence-corrected chi connectivity index (χ0v) is 19.1. The molecule has 0 aromatic carbocycles. The molecule has 0 spiro atoms. The highest BCUT2D eigenvalue weighted by Gasteiger charge is 2.01. The molecule has 1 unspecified atom stereocenters. The highest BCUT2D eigenvalue weighted by atomic mass is 31.2. The van der Waals surface area contributed by atoms with E-state index in [9.17, 15) is 0 Å². The minimum atomic E-state index is -4.64. The number of phosphoric acid groups is 1. The summed E-state index contributed by atoms with van der Waals surface area (Å²) < 4.78 is 14.2. The first kappa shape index (κ1) is 30.9. The van der Waals surface area contributed by atoms with Crippen LogP contribution in [-0.4, -0.2) is 50.8 Å². The van der Waals surface area contributed by atoms with E-state index < -0.39 is 13.9 Å². The molecule has 0 aromatic rings. The average molecular weight is 441 g/mol. The third-order valence-electron chi connectivity index (χ3n) is 4.32. The largest absolute Gasteiger partial charge is 0.466 e. The van der Waals surface area contributed by atoms with Crippen LogP contribution in [0.2, 0.25) is 0 Å². The van der Waals surface area contributed by atoms with Crippen LogP contribution in [0, 0.1) is 0 Å². The Morgan fingerprint density at radius 3 is 1.66 bits per heavy atom. The van der Waals surface area contributed by atoms with E-state index in [1.165, 1.54) is 83.5 Å². The van der Waals surface area contributed by atoms with Gasteiger partial charge in [-0.25, -0.2) is 4.57 Å². The number of aliphatic hydroxyl groups is 2. The van der Waals surface area contributed by atoms with E-state index in [1.807, 2.05) is 0 Å². The van der Waals surface area contributed by atoms with Gasteiger partial charge in [-0.3, -0.25) is 0 Å². The molecule has 0 saturated heterocycles. The van der Waals surface area contributed by atoms with Gasteiger partial charge >= 0.3 is 7.82 Å². The fourth-order valence-electron chi connectivity index (χ4n) is 2.72. The van der Waals surface area contributed by atoms with Gasteiger partial charge in [-0.2, -0.15) is 0 Å². The van der Waals surface area contributed by atoms with Gasteiger partial charge in [0.25, 0.3) is 0 Å². The number of ether oxygens (including phenoxy) is 1. The Kier molecular flexibility index (Phi) is 25.6. The van der Waals surface area contributed by atoms with Gasteiger partial charge in [-0.05, 0) is 32.1 Å². The Morgan fingerprint density at radius 1 is 0.793 bits per heavy atom. The molecule has 0 aliphatic carbocycles. The number of hydrogen-bond acceptors (Lipinski definition) is 4. The second-order valence-electron chi connectivity index (χ2n) is 7.36. The minimum absolute atomic E-state index is 0.215. The molecular weight excluding hydrogens is 395 g/mol. The van der Waals surface area contributed by atoms with Crippen LogP contribution in [0.25, 0.3) is 0 Å². The Hall–Kier alpha value is -0.270. The molecule has 0 amide bonds. The lowest BCUT2D eigenvalue weighted by molar-refractivity contribution is 0.00526. The maximum Gasteiger partial charge on any atom is 0.466 e. The second-order valence-corrected chi connectivity index (χ2v) is 8.39. The van der Waals surface area contributed by atoms with Crippen LogP contribution in [0.1, 0.15) is 96.8 Å². The Balaban J connectivity index is 0. The smallest absolute Gasteiger partial charge is 0.394 e. The molecule has 0 radical (unpaired) electrons. The third kappa shape index (κ3) is 38.9. The van der Waals surface area contributed by atoms with Crippen molar-refractivity contribution in [1.82, 2.24) is 0 Å². The molecule has 1 atom stereocenters. The van der Waals surface area contributed by atoms with Crippen molar-refractivity contribution in [3.63, 3.8) is 0 Å². The predicted octanol–water partition coefficient (Wildman–Crippen LogP) is 4.47. The zero-order chi connectivity index (χ0) is 22.2. The van der Waals surface area contributed by atoms with Crippen molar-refractivity contribution >= 4 is 7.82 Å². The van der Waals surface area contributed by atoms with Gasteiger partial charge in [-0.1, -0.05) is 76.9 Å². The summed E-state index contributed by atoms with van der Waals surface area (Å²) in [6.07, 6.45) is 22.3. The van der Waals surface area contributed by atoms with Crippen LogP contribution in [0.4, 0.5) is 0 Å². The summed E-state index contributed by atoms with van der Waals surface area (Å²) in [7, 11) is -4.64. The van der Waals surface area contributed by atoms with Crippen molar-refractivity contribution in [3.05, 3.63) is 12.2 Å². The lowest BCUT2D eigenvalue weighted by Crippen LogP contribution is -2.19. The second kappa shape index (κ2) is 24.0. The number of rotatable bonds is 19. The van der Waals surface area contributed by atoms with Crippen LogP contribution in [-0.2, 0) is 9.30 Å². The van der Waals surface area contributed by atoms with Crippen LogP contribution in [0.5, 0.6) is 0 Å². The SMILES string of the molecule is CCCCCCCC/C=C\CCCCCCCCOCC(O)CO.O=P(O)(O)O. The maximum atomic E-state index is 9.11. The van der Waals surface area contributed by atoms with Gasteiger partial charge in [0.05, 0.1) is 13.2 Å². The lowest BCUT2D eigenvalue weighted by atomic mass is 10.1. The van der Waals surface area contributed by atoms with Gasteiger partial charge in [0.1, 0.15) is 6.10 Å². The molecule has 0 fully saturated rings. The van der Waals surface area contributed by atoms with Gasteiger partial charge < -0.3 is 29.6 Å². The lowest BCUT2D eigenvalue weighted by Gasteiger charge is -2.07. The summed E-state index contributed by atoms with van der Waals surface area (Å²) in [5, 5.41) is 17.8. The molecule has 176 valence electrons. The predicted molar refractivity (Wildman–Crippen MR) is 118 cm³/mol. The molecule has 0 saturated carbocycles. The standard InChI is InChI=1S/C21H42O3.H3O4P/c1-2-3-4-5-6-7-8-9-10-11-12-13-14-15-16-17-18-24-20-21(23)19-22;1-5(2,3)4/h9-10,21-23H,2-8,11-20H2,1H3;(H3,1,2,3,4)/b10-9-;. The maximum absolute atomic E-state index is 9.11. The summed E-state index contributed by atoms with van der Waals surface area (Å²) in [6, 6.07) is 0. The fourth-order valence-corrected chi connectivity index (χ4v) is 2.72. The van der Waals surface area contributed by atoms with E-state index in [2.05, 4.69) is 19.1 Å². The van der Waals surface area contributed by atoms with Crippen LogP contribution in [0.3, 0.4) is 0 Å². The normalized spacial score (nSPS) is 12.8. The number of unbranched alkanes of at least 4 members (excludes halogenated alkanes) is 12. The van der Waals surface area contributed by atoms with Gasteiger partial charge in [-0.15, -0.1) is 0 Å². The molecule has 0 aliphatic heterocycles. The summed E-state index contributed by atoms with van der Waals surface area (Å²) in [4.78, 5) is 21.6. The Morgan fingerprint density at radius 2 is 1.21 bits per heavy atom. The third-order valence-corrected chi connectivity index (χ3v) is 4.32. The van der Waals surface area contributed by atoms with E-state index in [1.54, 1.807) is 0 Å². The van der Waals surface area contributed by atoms with E-state index in [0.717, 1.165) is 6.42 Å². The van der Waals surface area contributed by atoms with Crippen molar-refractivity contribution in [1.29, 1.82) is 0 Å². The Bertz CT molecular complexity index is 377. The van der Waals surface area contributed by atoms with Crippen LogP contribution >= 0.6 is 7.82 Å². The van der Waals surface area contributed by atoms with Gasteiger partial charge in [0.2, 0.25) is 0 Å². The molecule has 8 heteroatoms. The molecule has 0 heterocycles. The number of allylic oxidation sites excluding steroid dienone is 2. The molecule has 0 rings (SSSR count). The molecule has 29 heavy (non-hydrogen) atoms. The molecule has 5 N–H and O–H groups in total. The van der Waals surface area contributed by atoms with E-state index in [0.29, 0.717) is 6.61 Å². The number of aliphatic hydroxyl groups excluding tert-OH is 2. The summed E-state index contributed by atoms with van der Waals surface area (Å²) in [6.45, 7) is 3.00. The summed E-state index contributed by atoms with van der Waals surface area (Å²) >= 11 is 0. The van der Waals surface area contributed by atoms with Crippen molar-refractivity contribution in [3.8, 4) is 0 Å². The van der Waals surface area contributed by atoms with E-state index in [-0.39, 0.29) is 13.2 Å². The quantitative estimate of drug-likeness (QED) is 0.114. The minimum Gasteiger partial charge on any atom is -0.394 e. The first-order chi connectivity index (χ1) is 13.8. The first-order valence-corrected chi connectivity index (χ1v) is 12.7. The van der Waals surface area contributed by atoms with Crippen LogP contribution < -0.4 is 0 Å². The monoisotopic (exact) mass is 440 g/mol. The van der Waals surface area contributed by atoms with Crippen molar-refractivity contribution in [2.24, 2.45) is 0 Å². The fraction of sp³-hybridized carbons (Fsp3) is 0.905. The first-order valence-electron chi connectivity index (χ1n) is 11.1. The highest BCUT2D eigenvalue weighted by molar-refractivity contribution is 7.45. The zero-order valence-electron chi connectivity index (χ0n) is 18.3. The summed E-state index contributed by atoms with van der Waals surface area (Å²) in [5.41, 5.74) is 0. The van der Waals surface area contributed by atoms with Gasteiger partial charge in [0.15, 0.2) is 0 Å². The summed E-state index contributed by atoms with van der Waals surface area (Å²) in [5.74, 6) is 0. The topological polar surface area (TPSA) is 127 Å². The van der Waals surface area contributed by atoms with Crippen LogP contribution in [0.15, 0.2) is 12.2 Å². The van der Waals surface area contributed by atoms with Crippen molar-refractivity contribution in [2.75, 3.05) is 19.8 Å². The van der Waals surface area contributed by atoms with E-state index >= 15 is 0 Å². The molecule has 0 bridgehead atoms. The van der Waals surface area contributed by atoms with Gasteiger partial charge in [0, 0.05) is 6.61 Å². The highest BCUT2D eigenvalue weighted by Crippen LogP contribution is 2.25. The molecule has 7 nitrogen and oxygen atoms in total. The molecular formula is C21H45O7P. The molecule has 0 aromatic heterocycles. The molecule has 0 aliphatic rings. The average Bonchev–Trinajstić information content (AvgIpc) is 2.65. The number of hydrogen-bond donors (Lipinski definition) is 5. The van der Waals surface area contributed by atoms with Crippen molar-refractivity contribution < 1.29 is 34.2 Å². The van der Waals surface area contributed by atoms with Crippen molar-refractivity contribution in [2.45, 2.75) is 103 Å².